The first-order chi connectivity index (χ1) is 11.1. The fraction of sp³-hybridized carbons (Fsp3) is 0.500. The SMILES string of the molecule is CC(=O)NCC(=O)N1CCc2ncc(Cn3cncn3)n2CC1. The second-order valence-corrected chi connectivity index (χ2v) is 5.45. The molecule has 2 aromatic rings. The Labute approximate surface area is 133 Å². The molecule has 0 bridgehead atoms. The predicted octanol–water partition coefficient (Wildman–Crippen LogP) is -0.956. The van der Waals surface area contributed by atoms with E-state index in [1.807, 2.05) is 6.20 Å². The fourth-order valence-corrected chi connectivity index (χ4v) is 2.66. The molecule has 2 aromatic heterocycles. The van der Waals surface area contributed by atoms with Gasteiger partial charge in [0.1, 0.15) is 18.5 Å². The van der Waals surface area contributed by atoms with Crippen LogP contribution >= 0.6 is 0 Å². The molecule has 0 saturated carbocycles. The summed E-state index contributed by atoms with van der Waals surface area (Å²) >= 11 is 0. The van der Waals surface area contributed by atoms with Crippen molar-refractivity contribution in [1.82, 2.24) is 34.5 Å². The summed E-state index contributed by atoms with van der Waals surface area (Å²) in [5, 5.41) is 6.66. The summed E-state index contributed by atoms with van der Waals surface area (Å²) in [6.45, 7) is 3.95. The number of hydrogen-bond acceptors (Lipinski definition) is 5. The Bertz CT molecular complexity index is 692. The van der Waals surface area contributed by atoms with Gasteiger partial charge in [0.05, 0.1) is 25.0 Å². The second kappa shape index (κ2) is 6.59. The van der Waals surface area contributed by atoms with Crippen LogP contribution in [0.4, 0.5) is 0 Å². The second-order valence-electron chi connectivity index (χ2n) is 5.45. The molecule has 3 heterocycles. The average Bonchev–Trinajstić information content (AvgIpc) is 3.11. The van der Waals surface area contributed by atoms with Gasteiger partial charge < -0.3 is 14.8 Å². The largest absolute Gasteiger partial charge is 0.347 e. The number of imidazole rings is 1. The van der Waals surface area contributed by atoms with Gasteiger partial charge in [0.2, 0.25) is 11.8 Å². The minimum atomic E-state index is -0.198. The quantitative estimate of drug-likeness (QED) is 0.783. The van der Waals surface area contributed by atoms with E-state index in [-0.39, 0.29) is 18.4 Å². The lowest BCUT2D eigenvalue weighted by Crippen LogP contribution is -2.41. The Morgan fingerprint density at radius 1 is 1.30 bits per heavy atom. The molecular formula is C14H19N7O2. The molecule has 1 aliphatic rings. The number of aromatic nitrogens is 5. The molecule has 23 heavy (non-hydrogen) atoms. The number of hydrogen-bond donors (Lipinski definition) is 1. The summed E-state index contributed by atoms with van der Waals surface area (Å²) in [4.78, 5) is 33.2. The molecular weight excluding hydrogens is 298 g/mol. The van der Waals surface area contributed by atoms with Crippen LogP contribution in [-0.4, -0.2) is 60.7 Å². The minimum Gasteiger partial charge on any atom is -0.347 e. The Hall–Kier alpha value is -2.71. The molecule has 0 spiro atoms. The third-order valence-electron chi connectivity index (χ3n) is 3.85. The lowest BCUT2D eigenvalue weighted by molar-refractivity contribution is -0.132. The van der Waals surface area contributed by atoms with E-state index >= 15 is 0 Å². The maximum absolute atomic E-state index is 12.1. The van der Waals surface area contributed by atoms with E-state index in [0.29, 0.717) is 32.6 Å². The highest BCUT2D eigenvalue weighted by Gasteiger charge is 2.20. The number of carbonyl (C=O) groups is 2. The zero-order valence-electron chi connectivity index (χ0n) is 13.0. The minimum absolute atomic E-state index is 0.0451. The van der Waals surface area contributed by atoms with Crippen molar-refractivity contribution in [3.05, 3.63) is 30.4 Å². The molecule has 9 heteroatoms. The lowest BCUT2D eigenvalue weighted by Gasteiger charge is -2.20. The highest BCUT2D eigenvalue weighted by atomic mass is 16.2. The van der Waals surface area contributed by atoms with Gasteiger partial charge in [0, 0.05) is 33.0 Å². The summed E-state index contributed by atoms with van der Waals surface area (Å²) in [5.41, 5.74) is 1.04. The van der Waals surface area contributed by atoms with Crippen LogP contribution in [0, 0.1) is 0 Å². The van der Waals surface area contributed by atoms with Gasteiger partial charge in [-0.1, -0.05) is 0 Å². The van der Waals surface area contributed by atoms with Crippen LogP contribution in [0.15, 0.2) is 18.9 Å². The number of rotatable bonds is 4. The van der Waals surface area contributed by atoms with E-state index in [9.17, 15) is 9.59 Å². The highest BCUT2D eigenvalue weighted by molar-refractivity contribution is 5.83. The predicted molar refractivity (Wildman–Crippen MR) is 80.3 cm³/mol. The van der Waals surface area contributed by atoms with E-state index in [1.165, 1.54) is 13.3 Å². The Balaban J connectivity index is 1.65. The fourth-order valence-electron chi connectivity index (χ4n) is 2.66. The van der Waals surface area contributed by atoms with Gasteiger partial charge in [-0.2, -0.15) is 5.10 Å². The van der Waals surface area contributed by atoms with E-state index in [2.05, 4.69) is 25.0 Å². The van der Waals surface area contributed by atoms with Gasteiger partial charge in [-0.15, -0.1) is 0 Å². The number of fused-ring (bicyclic) bond motifs is 1. The first kappa shape index (κ1) is 15.2. The smallest absolute Gasteiger partial charge is 0.242 e. The molecule has 0 saturated heterocycles. The summed E-state index contributed by atoms with van der Waals surface area (Å²) in [6.07, 6.45) is 5.72. The topological polar surface area (TPSA) is 97.9 Å². The van der Waals surface area contributed by atoms with E-state index < -0.39 is 0 Å². The Morgan fingerprint density at radius 3 is 2.91 bits per heavy atom. The van der Waals surface area contributed by atoms with Crippen molar-refractivity contribution in [2.24, 2.45) is 0 Å². The number of amides is 2. The molecule has 0 atom stereocenters. The average molecular weight is 317 g/mol. The normalized spacial score (nSPS) is 14.2. The van der Waals surface area contributed by atoms with Crippen molar-refractivity contribution >= 4 is 11.8 Å². The van der Waals surface area contributed by atoms with E-state index in [4.69, 9.17) is 0 Å². The molecule has 9 nitrogen and oxygen atoms in total. The van der Waals surface area contributed by atoms with Crippen LogP contribution in [0.1, 0.15) is 18.4 Å². The molecule has 0 unspecified atom stereocenters. The van der Waals surface area contributed by atoms with Crippen molar-refractivity contribution in [3.8, 4) is 0 Å². The summed E-state index contributed by atoms with van der Waals surface area (Å²) < 4.78 is 3.88. The zero-order valence-corrected chi connectivity index (χ0v) is 13.0. The van der Waals surface area contributed by atoms with Gasteiger partial charge in [0.15, 0.2) is 0 Å². The van der Waals surface area contributed by atoms with Gasteiger partial charge in [-0.3, -0.25) is 9.59 Å². The van der Waals surface area contributed by atoms with Crippen molar-refractivity contribution in [2.45, 2.75) is 26.4 Å². The molecule has 0 aliphatic carbocycles. The van der Waals surface area contributed by atoms with Crippen molar-refractivity contribution in [1.29, 1.82) is 0 Å². The van der Waals surface area contributed by atoms with Gasteiger partial charge >= 0.3 is 0 Å². The number of nitrogens with zero attached hydrogens (tertiary/aromatic N) is 6. The van der Waals surface area contributed by atoms with Crippen molar-refractivity contribution in [3.63, 3.8) is 0 Å². The molecule has 1 N–H and O–H groups in total. The van der Waals surface area contributed by atoms with Crippen LogP contribution in [0.25, 0.3) is 0 Å². The maximum atomic E-state index is 12.1. The van der Waals surface area contributed by atoms with Crippen LogP contribution in [0.5, 0.6) is 0 Å². The first-order valence-corrected chi connectivity index (χ1v) is 7.51. The molecule has 3 rings (SSSR count). The third-order valence-corrected chi connectivity index (χ3v) is 3.85. The molecule has 2 amide bonds. The van der Waals surface area contributed by atoms with E-state index in [1.54, 1.807) is 15.9 Å². The first-order valence-electron chi connectivity index (χ1n) is 7.51. The van der Waals surface area contributed by atoms with E-state index in [0.717, 1.165) is 11.5 Å². The molecule has 0 radical (unpaired) electrons. The zero-order chi connectivity index (χ0) is 16.2. The maximum Gasteiger partial charge on any atom is 0.242 e. The number of nitrogens with one attached hydrogen (secondary N) is 1. The van der Waals surface area contributed by atoms with Crippen LogP contribution in [0.3, 0.4) is 0 Å². The molecule has 1 aliphatic heterocycles. The Kier molecular flexibility index (Phi) is 4.35. The summed E-state index contributed by atoms with van der Waals surface area (Å²) in [5.74, 6) is 0.704. The monoisotopic (exact) mass is 317 g/mol. The molecule has 122 valence electrons. The van der Waals surface area contributed by atoms with Crippen molar-refractivity contribution in [2.75, 3.05) is 19.6 Å². The van der Waals surface area contributed by atoms with Crippen molar-refractivity contribution < 1.29 is 9.59 Å². The van der Waals surface area contributed by atoms with Crippen LogP contribution in [-0.2, 0) is 29.1 Å². The van der Waals surface area contributed by atoms with Gasteiger partial charge in [0.25, 0.3) is 0 Å². The standard InChI is InChI=1S/C14H19N7O2/c1-11(22)16-7-14(23)19-3-2-13-17-6-12(21(13)5-4-19)8-20-10-15-9-18-20/h6,9-10H,2-5,7-8H2,1H3,(H,16,22). The summed E-state index contributed by atoms with van der Waals surface area (Å²) in [6, 6.07) is 0. The van der Waals surface area contributed by atoms with Gasteiger partial charge in [-0.25, -0.2) is 14.6 Å². The molecule has 0 fully saturated rings. The van der Waals surface area contributed by atoms with Gasteiger partial charge in [-0.05, 0) is 0 Å². The highest BCUT2D eigenvalue weighted by Crippen LogP contribution is 2.12. The lowest BCUT2D eigenvalue weighted by atomic mass is 10.3. The van der Waals surface area contributed by atoms with Crippen LogP contribution in [0.2, 0.25) is 0 Å². The Morgan fingerprint density at radius 2 is 2.17 bits per heavy atom. The third kappa shape index (κ3) is 3.55. The van der Waals surface area contributed by atoms with Crippen LogP contribution < -0.4 is 5.32 Å². The summed E-state index contributed by atoms with van der Waals surface area (Å²) in [7, 11) is 0. The number of carbonyl (C=O) groups excluding carboxylic acids is 2. The molecule has 0 aromatic carbocycles.